The minimum Gasteiger partial charge on any atom is -0.354 e. The zero-order valence-electron chi connectivity index (χ0n) is 11.5. The fourth-order valence-electron chi connectivity index (χ4n) is 2.46. The van der Waals surface area contributed by atoms with Gasteiger partial charge in [-0.2, -0.15) is 11.8 Å². The van der Waals surface area contributed by atoms with Gasteiger partial charge in [-0.3, -0.25) is 0 Å². The number of nitrogens with zero attached hydrogens (tertiary/aromatic N) is 2. The predicted octanol–water partition coefficient (Wildman–Crippen LogP) is 2.30. The molecule has 0 aromatic carbocycles. The minimum atomic E-state index is 0.198. The van der Waals surface area contributed by atoms with Crippen LogP contribution in [0.5, 0.6) is 0 Å². The number of aromatic nitrogens is 1. The Labute approximate surface area is 114 Å². The average Bonchev–Trinajstić information content (AvgIpc) is 2.27. The van der Waals surface area contributed by atoms with E-state index in [0.29, 0.717) is 10.5 Å². The van der Waals surface area contributed by atoms with Gasteiger partial charge in [0, 0.05) is 35.8 Å². The molecule has 1 saturated heterocycles. The Morgan fingerprint density at radius 2 is 2.06 bits per heavy atom. The number of anilines is 1. The van der Waals surface area contributed by atoms with E-state index in [2.05, 4.69) is 47.6 Å². The summed E-state index contributed by atoms with van der Waals surface area (Å²) in [6.07, 6.45) is 2.87. The number of thioether (sulfide) groups is 1. The number of rotatable bonds is 3. The topological polar surface area (TPSA) is 42.1 Å². The van der Waals surface area contributed by atoms with Crippen LogP contribution < -0.4 is 10.6 Å². The van der Waals surface area contributed by atoms with Gasteiger partial charge in [-0.25, -0.2) is 4.98 Å². The first-order valence-corrected chi connectivity index (χ1v) is 7.60. The van der Waals surface area contributed by atoms with Gasteiger partial charge in [-0.1, -0.05) is 19.9 Å². The third kappa shape index (κ3) is 3.62. The van der Waals surface area contributed by atoms with E-state index in [1.54, 1.807) is 0 Å². The van der Waals surface area contributed by atoms with Crippen LogP contribution in [-0.4, -0.2) is 34.6 Å². The summed E-state index contributed by atoms with van der Waals surface area (Å²) in [5, 5.41) is 1.36. The second-order valence-corrected chi connectivity index (χ2v) is 7.25. The molecule has 100 valence electrons. The van der Waals surface area contributed by atoms with Gasteiger partial charge in [0.05, 0.1) is 0 Å². The highest BCUT2D eigenvalue weighted by Crippen LogP contribution is 2.27. The van der Waals surface area contributed by atoms with Crippen molar-refractivity contribution in [2.45, 2.75) is 43.7 Å². The lowest BCUT2D eigenvalue weighted by Gasteiger charge is -2.35. The molecule has 1 aliphatic rings. The van der Waals surface area contributed by atoms with E-state index in [9.17, 15) is 0 Å². The molecule has 1 fully saturated rings. The van der Waals surface area contributed by atoms with Crippen LogP contribution in [0.1, 0.15) is 26.3 Å². The highest BCUT2D eigenvalue weighted by Gasteiger charge is 2.22. The molecule has 0 aliphatic carbocycles. The summed E-state index contributed by atoms with van der Waals surface area (Å²) in [4.78, 5) is 6.98. The van der Waals surface area contributed by atoms with Gasteiger partial charge in [0.15, 0.2) is 0 Å². The average molecular weight is 265 g/mol. The molecule has 3 atom stereocenters. The zero-order valence-corrected chi connectivity index (χ0v) is 12.3. The zero-order chi connectivity index (χ0) is 13.1. The van der Waals surface area contributed by atoms with Crippen molar-refractivity contribution in [3.63, 3.8) is 0 Å². The summed E-state index contributed by atoms with van der Waals surface area (Å²) in [5.41, 5.74) is 7.02. The van der Waals surface area contributed by atoms with Crippen molar-refractivity contribution in [1.82, 2.24) is 4.98 Å². The second-order valence-electron chi connectivity index (χ2n) is 5.37. The summed E-state index contributed by atoms with van der Waals surface area (Å²) < 4.78 is 0. The third-order valence-corrected chi connectivity index (χ3v) is 4.34. The van der Waals surface area contributed by atoms with Crippen molar-refractivity contribution in [3.05, 3.63) is 23.9 Å². The molecule has 1 aromatic rings. The fourth-order valence-corrected chi connectivity index (χ4v) is 3.79. The molecular weight excluding hydrogens is 242 g/mol. The molecular formula is C14H23N3S. The first-order chi connectivity index (χ1) is 8.54. The fraction of sp³-hybridized carbons (Fsp3) is 0.643. The maximum atomic E-state index is 5.80. The number of pyridine rings is 1. The van der Waals surface area contributed by atoms with E-state index < -0.39 is 0 Å². The van der Waals surface area contributed by atoms with E-state index in [0.717, 1.165) is 25.3 Å². The molecule has 0 bridgehead atoms. The largest absolute Gasteiger partial charge is 0.354 e. The van der Waals surface area contributed by atoms with Crippen LogP contribution in [0, 0.1) is 0 Å². The maximum Gasteiger partial charge on any atom is 0.128 e. The van der Waals surface area contributed by atoms with Crippen molar-refractivity contribution < 1.29 is 0 Å². The van der Waals surface area contributed by atoms with Crippen molar-refractivity contribution in [2.75, 3.05) is 18.0 Å². The van der Waals surface area contributed by atoms with Crippen LogP contribution in [0.4, 0.5) is 5.82 Å². The van der Waals surface area contributed by atoms with Crippen molar-refractivity contribution in [3.8, 4) is 0 Å². The highest BCUT2D eigenvalue weighted by molar-refractivity contribution is 8.00. The molecule has 4 heteroatoms. The molecule has 0 amide bonds. The molecule has 0 radical (unpaired) electrons. The Morgan fingerprint density at radius 3 is 2.56 bits per heavy atom. The summed E-state index contributed by atoms with van der Waals surface area (Å²) in [7, 11) is 0. The monoisotopic (exact) mass is 265 g/mol. The van der Waals surface area contributed by atoms with Gasteiger partial charge in [0.25, 0.3) is 0 Å². The minimum absolute atomic E-state index is 0.198. The third-order valence-electron chi connectivity index (χ3n) is 3.11. The van der Waals surface area contributed by atoms with Gasteiger partial charge in [0.2, 0.25) is 0 Å². The number of hydrogen-bond acceptors (Lipinski definition) is 4. The van der Waals surface area contributed by atoms with Gasteiger partial charge in [-0.15, -0.1) is 0 Å². The van der Waals surface area contributed by atoms with Crippen molar-refractivity contribution >= 4 is 17.6 Å². The maximum absolute atomic E-state index is 5.80. The molecule has 2 N–H and O–H groups in total. The smallest absolute Gasteiger partial charge is 0.128 e. The Balaban J connectivity index is 2.04. The molecule has 1 aliphatic heterocycles. The summed E-state index contributed by atoms with van der Waals surface area (Å²) in [6, 6.07) is 4.49. The highest BCUT2D eigenvalue weighted by atomic mass is 32.2. The van der Waals surface area contributed by atoms with Gasteiger partial charge in [0.1, 0.15) is 5.82 Å². The molecule has 3 nitrogen and oxygen atoms in total. The van der Waals surface area contributed by atoms with Crippen LogP contribution in [0.2, 0.25) is 0 Å². The molecule has 2 rings (SSSR count). The SMILES string of the molecule is CC(N)Cc1ccc(N2CC(C)SC(C)C2)nc1. The van der Waals surface area contributed by atoms with Crippen LogP contribution in [0.25, 0.3) is 0 Å². The summed E-state index contributed by atoms with van der Waals surface area (Å²) in [6.45, 7) is 8.79. The Morgan fingerprint density at radius 1 is 1.39 bits per heavy atom. The van der Waals surface area contributed by atoms with Crippen LogP contribution in [0.15, 0.2) is 18.3 Å². The van der Waals surface area contributed by atoms with Gasteiger partial charge in [-0.05, 0) is 25.0 Å². The molecule has 0 saturated carbocycles. The van der Waals surface area contributed by atoms with Crippen molar-refractivity contribution in [2.24, 2.45) is 5.73 Å². The van der Waals surface area contributed by atoms with E-state index >= 15 is 0 Å². The summed E-state index contributed by atoms with van der Waals surface area (Å²) in [5.74, 6) is 1.10. The predicted molar refractivity (Wildman–Crippen MR) is 80.3 cm³/mol. The lowest BCUT2D eigenvalue weighted by molar-refractivity contribution is 0.713. The van der Waals surface area contributed by atoms with E-state index in [4.69, 9.17) is 5.73 Å². The number of nitrogens with two attached hydrogens (primary N) is 1. The quantitative estimate of drug-likeness (QED) is 0.910. The standard InChI is InChI=1S/C14H23N3S/c1-10(15)6-13-4-5-14(16-7-13)17-8-11(2)18-12(3)9-17/h4-5,7,10-12H,6,8-9,15H2,1-3H3. The van der Waals surface area contributed by atoms with Gasteiger partial charge >= 0.3 is 0 Å². The second kappa shape index (κ2) is 5.93. The molecule has 2 heterocycles. The normalized spacial score (nSPS) is 26.1. The van der Waals surface area contributed by atoms with E-state index in [1.165, 1.54) is 5.56 Å². The molecule has 1 aromatic heterocycles. The lowest BCUT2D eigenvalue weighted by atomic mass is 10.1. The van der Waals surface area contributed by atoms with Crippen LogP contribution in [-0.2, 0) is 6.42 Å². The Bertz CT molecular complexity index is 367. The summed E-state index contributed by atoms with van der Waals surface area (Å²) >= 11 is 2.07. The molecule has 3 unspecified atom stereocenters. The lowest BCUT2D eigenvalue weighted by Crippen LogP contribution is -2.40. The van der Waals surface area contributed by atoms with Gasteiger partial charge < -0.3 is 10.6 Å². The Kier molecular flexibility index (Phi) is 4.51. The Hall–Kier alpha value is -0.740. The first kappa shape index (κ1) is 13.7. The molecule has 0 spiro atoms. The van der Waals surface area contributed by atoms with E-state index in [-0.39, 0.29) is 6.04 Å². The van der Waals surface area contributed by atoms with E-state index in [1.807, 2.05) is 13.1 Å². The first-order valence-electron chi connectivity index (χ1n) is 6.65. The molecule has 18 heavy (non-hydrogen) atoms. The number of hydrogen-bond donors (Lipinski definition) is 1. The van der Waals surface area contributed by atoms with Crippen LogP contribution in [0.3, 0.4) is 0 Å². The van der Waals surface area contributed by atoms with Crippen molar-refractivity contribution in [1.29, 1.82) is 0 Å². The van der Waals surface area contributed by atoms with Crippen LogP contribution >= 0.6 is 11.8 Å².